The molecule has 1 unspecified atom stereocenters. The molecule has 1 amide bonds. The van der Waals surface area contributed by atoms with Gasteiger partial charge in [-0.15, -0.1) is 0 Å². The smallest absolute Gasteiger partial charge is 0.274 e. The van der Waals surface area contributed by atoms with Crippen molar-refractivity contribution >= 4 is 11.7 Å². The molecule has 0 aromatic carbocycles. The first kappa shape index (κ1) is 14.3. The molecule has 2 saturated heterocycles. The molecular weight excluding hydrogens is 266 g/mol. The first-order valence-electron chi connectivity index (χ1n) is 7.87. The van der Waals surface area contributed by atoms with E-state index in [0.717, 1.165) is 38.4 Å². The molecule has 2 aliphatic rings. The molecule has 2 aliphatic heterocycles. The van der Waals surface area contributed by atoms with E-state index in [2.05, 4.69) is 27.1 Å². The minimum absolute atomic E-state index is 0.0103. The summed E-state index contributed by atoms with van der Waals surface area (Å²) < 4.78 is 0. The van der Waals surface area contributed by atoms with Crippen molar-refractivity contribution in [2.45, 2.75) is 32.2 Å². The second-order valence-corrected chi connectivity index (χ2v) is 5.80. The van der Waals surface area contributed by atoms with Crippen molar-refractivity contribution in [3.05, 3.63) is 18.1 Å². The number of rotatable bonds is 4. The maximum atomic E-state index is 12.5. The van der Waals surface area contributed by atoms with Crippen LogP contribution < -0.4 is 5.32 Å². The van der Waals surface area contributed by atoms with E-state index in [0.29, 0.717) is 11.7 Å². The fourth-order valence-electron chi connectivity index (χ4n) is 3.12. The molecule has 0 spiro atoms. The van der Waals surface area contributed by atoms with Crippen LogP contribution in [0.1, 0.15) is 36.7 Å². The van der Waals surface area contributed by atoms with Crippen molar-refractivity contribution in [2.24, 2.45) is 0 Å². The van der Waals surface area contributed by atoms with Crippen LogP contribution in [-0.2, 0) is 0 Å². The zero-order valence-corrected chi connectivity index (χ0v) is 12.6. The van der Waals surface area contributed by atoms with Gasteiger partial charge < -0.3 is 10.2 Å². The van der Waals surface area contributed by atoms with E-state index in [1.54, 1.807) is 12.4 Å². The Bertz CT molecular complexity index is 489. The number of amides is 1. The highest BCUT2D eigenvalue weighted by molar-refractivity contribution is 5.92. The number of carbonyl (C=O) groups excluding carboxylic acids is 1. The van der Waals surface area contributed by atoms with Crippen molar-refractivity contribution in [3.63, 3.8) is 0 Å². The number of hydrogen-bond acceptors (Lipinski definition) is 5. The first-order valence-corrected chi connectivity index (χ1v) is 7.87. The molecule has 3 rings (SSSR count). The molecule has 0 bridgehead atoms. The summed E-state index contributed by atoms with van der Waals surface area (Å²) in [6, 6.07) is 0.543. The zero-order chi connectivity index (χ0) is 14.7. The van der Waals surface area contributed by atoms with E-state index < -0.39 is 0 Å². The molecule has 2 fully saturated rings. The third kappa shape index (κ3) is 3.15. The summed E-state index contributed by atoms with van der Waals surface area (Å²) in [4.78, 5) is 25.4. The van der Waals surface area contributed by atoms with Crippen LogP contribution in [0.15, 0.2) is 12.4 Å². The van der Waals surface area contributed by atoms with E-state index in [9.17, 15) is 4.79 Å². The Kier molecular flexibility index (Phi) is 4.34. The van der Waals surface area contributed by atoms with E-state index in [1.165, 1.54) is 19.4 Å². The maximum absolute atomic E-state index is 12.5. The summed E-state index contributed by atoms with van der Waals surface area (Å²) >= 11 is 0. The highest BCUT2D eigenvalue weighted by atomic mass is 16.2. The quantitative estimate of drug-likeness (QED) is 0.903. The third-order valence-electron chi connectivity index (χ3n) is 4.30. The van der Waals surface area contributed by atoms with Crippen LogP contribution in [0.3, 0.4) is 0 Å². The molecule has 6 nitrogen and oxygen atoms in total. The van der Waals surface area contributed by atoms with Crippen molar-refractivity contribution in [2.75, 3.05) is 38.0 Å². The number of nitrogens with one attached hydrogen (secondary N) is 1. The van der Waals surface area contributed by atoms with Crippen LogP contribution in [0.5, 0.6) is 0 Å². The van der Waals surface area contributed by atoms with Crippen LogP contribution in [-0.4, -0.2) is 64.4 Å². The summed E-state index contributed by atoms with van der Waals surface area (Å²) in [5.74, 6) is 0.741. The number of fused-ring (bicyclic) bond motifs is 1. The van der Waals surface area contributed by atoms with Gasteiger partial charge in [0.1, 0.15) is 11.5 Å². The van der Waals surface area contributed by atoms with Crippen LogP contribution >= 0.6 is 0 Å². The van der Waals surface area contributed by atoms with Gasteiger partial charge in [0, 0.05) is 32.2 Å². The van der Waals surface area contributed by atoms with Crippen LogP contribution in [0.4, 0.5) is 5.82 Å². The molecule has 1 aromatic heterocycles. The van der Waals surface area contributed by atoms with Gasteiger partial charge in [0.2, 0.25) is 0 Å². The van der Waals surface area contributed by atoms with Gasteiger partial charge in [-0.2, -0.15) is 0 Å². The van der Waals surface area contributed by atoms with E-state index >= 15 is 0 Å². The largest absolute Gasteiger partial charge is 0.369 e. The lowest BCUT2D eigenvalue weighted by atomic mass is 10.1. The Balaban J connectivity index is 1.62. The molecule has 3 heterocycles. The monoisotopic (exact) mass is 289 g/mol. The molecule has 21 heavy (non-hydrogen) atoms. The minimum atomic E-state index is 0.0103. The van der Waals surface area contributed by atoms with Gasteiger partial charge in [0.15, 0.2) is 0 Å². The van der Waals surface area contributed by atoms with E-state index in [-0.39, 0.29) is 5.91 Å². The Morgan fingerprint density at radius 1 is 1.33 bits per heavy atom. The van der Waals surface area contributed by atoms with Gasteiger partial charge in [-0.05, 0) is 25.8 Å². The number of nitrogens with zero attached hydrogens (tertiary/aromatic N) is 4. The predicted octanol–water partition coefficient (Wildman–Crippen LogP) is 1.22. The maximum Gasteiger partial charge on any atom is 0.274 e. The Morgan fingerprint density at radius 2 is 2.24 bits per heavy atom. The van der Waals surface area contributed by atoms with E-state index in [1.807, 2.05) is 4.90 Å². The molecule has 6 heteroatoms. The van der Waals surface area contributed by atoms with Gasteiger partial charge in [0.25, 0.3) is 5.91 Å². The standard InChI is InChI=1S/C15H23N5O/c1-2-5-16-14-10-17-13(9-18-14)15(21)20-8-7-19-6-3-4-12(19)11-20/h9-10,12H,2-8,11H2,1H3,(H,16,18). The Labute approximate surface area is 125 Å². The van der Waals surface area contributed by atoms with Crippen molar-refractivity contribution < 1.29 is 4.79 Å². The lowest BCUT2D eigenvalue weighted by Gasteiger charge is -2.37. The minimum Gasteiger partial charge on any atom is -0.369 e. The molecular formula is C15H23N5O. The lowest BCUT2D eigenvalue weighted by Crippen LogP contribution is -2.52. The highest BCUT2D eigenvalue weighted by Gasteiger charge is 2.33. The topological polar surface area (TPSA) is 61.4 Å². The summed E-state index contributed by atoms with van der Waals surface area (Å²) in [5.41, 5.74) is 0.448. The van der Waals surface area contributed by atoms with Gasteiger partial charge in [0.05, 0.1) is 12.4 Å². The van der Waals surface area contributed by atoms with Crippen LogP contribution in [0.2, 0.25) is 0 Å². The van der Waals surface area contributed by atoms with Gasteiger partial charge in [-0.1, -0.05) is 6.92 Å². The Morgan fingerprint density at radius 3 is 3.00 bits per heavy atom. The van der Waals surface area contributed by atoms with Crippen molar-refractivity contribution in [3.8, 4) is 0 Å². The van der Waals surface area contributed by atoms with Crippen molar-refractivity contribution in [1.82, 2.24) is 19.8 Å². The Hall–Kier alpha value is -1.69. The first-order chi connectivity index (χ1) is 10.3. The van der Waals surface area contributed by atoms with Gasteiger partial charge >= 0.3 is 0 Å². The van der Waals surface area contributed by atoms with Crippen LogP contribution in [0.25, 0.3) is 0 Å². The predicted molar refractivity (Wildman–Crippen MR) is 81.3 cm³/mol. The second-order valence-electron chi connectivity index (χ2n) is 5.80. The lowest BCUT2D eigenvalue weighted by molar-refractivity contribution is 0.0565. The molecule has 114 valence electrons. The third-order valence-corrected chi connectivity index (χ3v) is 4.30. The van der Waals surface area contributed by atoms with Gasteiger partial charge in [-0.25, -0.2) is 9.97 Å². The average molecular weight is 289 g/mol. The van der Waals surface area contributed by atoms with Gasteiger partial charge in [-0.3, -0.25) is 9.69 Å². The molecule has 0 radical (unpaired) electrons. The van der Waals surface area contributed by atoms with E-state index in [4.69, 9.17) is 0 Å². The molecule has 1 atom stereocenters. The SMILES string of the molecule is CCCNc1cnc(C(=O)N2CCN3CCCC3C2)cn1. The van der Waals surface area contributed by atoms with Crippen molar-refractivity contribution in [1.29, 1.82) is 0 Å². The summed E-state index contributed by atoms with van der Waals surface area (Å²) in [7, 11) is 0. The number of hydrogen-bond donors (Lipinski definition) is 1. The zero-order valence-electron chi connectivity index (χ0n) is 12.6. The summed E-state index contributed by atoms with van der Waals surface area (Å²) in [6.45, 7) is 6.76. The number of anilines is 1. The summed E-state index contributed by atoms with van der Waals surface area (Å²) in [5, 5.41) is 3.17. The molecule has 0 saturated carbocycles. The van der Waals surface area contributed by atoms with Crippen LogP contribution in [0, 0.1) is 0 Å². The number of carbonyl (C=O) groups is 1. The molecule has 1 N–H and O–H groups in total. The summed E-state index contributed by atoms with van der Waals surface area (Å²) in [6.07, 6.45) is 6.73. The molecule has 1 aromatic rings. The highest BCUT2D eigenvalue weighted by Crippen LogP contribution is 2.22. The number of piperazine rings is 1. The fraction of sp³-hybridized carbons (Fsp3) is 0.667. The molecule has 0 aliphatic carbocycles. The number of aromatic nitrogens is 2. The average Bonchev–Trinajstić information content (AvgIpc) is 3.00. The normalized spacial score (nSPS) is 22.1. The second kappa shape index (κ2) is 6.39. The fourth-order valence-corrected chi connectivity index (χ4v) is 3.12.